The van der Waals surface area contributed by atoms with E-state index in [0.29, 0.717) is 0 Å². The number of hydrogen-bond donors (Lipinski definition) is 0. The molecule has 3 unspecified atom stereocenters. The number of aromatic nitrogens is 1. The Morgan fingerprint density at radius 3 is 2.80 bits per heavy atom. The van der Waals surface area contributed by atoms with Crippen molar-refractivity contribution in [2.45, 2.75) is 50.9 Å². The zero-order valence-electron chi connectivity index (χ0n) is 9.19. The Morgan fingerprint density at radius 1 is 1.07 bits per heavy atom. The van der Waals surface area contributed by atoms with Gasteiger partial charge in [0.1, 0.15) is 0 Å². The van der Waals surface area contributed by atoms with Gasteiger partial charge in [-0.05, 0) is 24.7 Å². The summed E-state index contributed by atoms with van der Waals surface area (Å²) in [5.41, 5.74) is 0. The fourth-order valence-electron chi connectivity index (χ4n) is 3.66. The third kappa shape index (κ3) is 1.84. The smallest absolute Gasteiger partial charge is 0.0958 e. The van der Waals surface area contributed by atoms with Crippen LogP contribution in [0.2, 0.25) is 0 Å². The Morgan fingerprint density at radius 2 is 1.93 bits per heavy atom. The van der Waals surface area contributed by atoms with Crippen molar-refractivity contribution in [3.63, 3.8) is 0 Å². The van der Waals surface area contributed by atoms with E-state index in [2.05, 4.69) is 10.4 Å². The van der Waals surface area contributed by atoms with Crippen molar-refractivity contribution in [3.8, 4) is 0 Å². The molecule has 1 nitrogen and oxygen atoms in total. The molecule has 1 heterocycles. The number of nitrogens with zero attached hydrogens (tertiary/aromatic N) is 1. The van der Waals surface area contributed by atoms with E-state index in [4.69, 9.17) is 0 Å². The topological polar surface area (TPSA) is 12.9 Å². The van der Waals surface area contributed by atoms with Crippen LogP contribution in [0.4, 0.5) is 0 Å². The fraction of sp³-hybridized carbons (Fsp3) is 0.769. The van der Waals surface area contributed by atoms with Crippen LogP contribution in [0.1, 0.15) is 55.9 Å². The van der Waals surface area contributed by atoms with Gasteiger partial charge in [-0.1, -0.05) is 32.1 Å². The average Bonchev–Trinajstić information content (AvgIpc) is 2.82. The maximum Gasteiger partial charge on any atom is 0.0958 e. The molecule has 2 saturated carbocycles. The number of fused-ring (bicyclic) bond motifs is 1. The zero-order chi connectivity index (χ0) is 10.1. The summed E-state index contributed by atoms with van der Waals surface area (Å²) < 4.78 is 0. The van der Waals surface area contributed by atoms with E-state index >= 15 is 0 Å². The number of hydrogen-bond acceptors (Lipinski definition) is 2. The monoisotopic (exact) mass is 221 g/mol. The van der Waals surface area contributed by atoms with Crippen molar-refractivity contribution in [1.29, 1.82) is 0 Å². The molecule has 0 aromatic carbocycles. The lowest BCUT2D eigenvalue weighted by Gasteiger charge is -2.40. The maximum absolute atomic E-state index is 4.55. The number of thiazole rings is 1. The average molecular weight is 221 g/mol. The maximum atomic E-state index is 4.55. The van der Waals surface area contributed by atoms with Crippen LogP contribution in [0.3, 0.4) is 0 Å². The summed E-state index contributed by atoms with van der Waals surface area (Å²) in [4.78, 5) is 4.55. The quantitative estimate of drug-likeness (QED) is 0.692. The van der Waals surface area contributed by atoms with Crippen LogP contribution in [0, 0.1) is 11.8 Å². The highest BCUT2D eigenvalue weighted by Crippen LogP contribution is 2.48. The Kier molecular flexibility index (Phi) is 2.78. The summed E-state index contributed by atoms with van der Waals surface area (Å²) in [6, 6.07) is 0. The van der Waals surface area contributed by atoms with Crippen molar-refractivity contribution in [2.75, 3.05) is 0 Å². The summed E-state index contributed by atoms with van der Waals surface area (Å²) in [6.45, 7) is 0. The molecule has 0 bridgehead atoms. The van der Waals surface area contributed by atoms with Gasteiger partial charge in [0, 0.05) is 17.5 Å². The van der Waals surface area contributed by atoms with E-state index in [1.54, 1.807) is 0 Å². The van der Waals surface area contributed by atoms with Crippen LogP contribution in [-0.2, 0) is 0 Å². The minimum absolute atomic E-state index is 0.809. The molecule has 1 aromatic heterocycles. The summed E-state index contributed by atoms with van der Waals surface area (Å²) in [5, 5.41) is 3.56. The lowest BCUT2D eigenvalue weighted by molar-refractivity contribution is 0.144. The molecule has 2 aliphatic rings. The second-order valence-electron chi connectivity index (χ2n) is 5.12. The molecular formula is C13H19NS. The van der Waals surface area contributed by atoms with E-state index in [9.17, 15) is 0 Å². The predicted octanol–water partition coefficient (Wildman–Crippen LogP) is 4.22. The Balaban J connectivity index is 1.82. The van der Waals surface area contributed by atoms with Gasteiger partial charge >= 0.3 is 0 Å². The van der Waals surface area contributed by atoms with E-state index < -0.39 is 0 Å². The van der Waals surface area contributed by atoms with Gasteiger partial charge in [-0.15, -0.1) is 11.3 Å². The van der Waals surface area contributed by atoms with E-state index in [1.165, 1.54) is 50.0 Å². The van der Waals surface area contributed by atoms with Crippen molar-refractivity contribution in [3.05, 3.63) is 16.6 Å². The molecule has 0 spiro atoms. The highest BCUT2D eigenvalue weighted by atomic mass is 32.1. The molecule has 0 aliphatic heterocycles. The minimum Gasteiger partial charge on any atom is -0.249 e. The van der Waals surface area contributed by atoms with Crippen LogP contribution < -0.4 is 0 Å². The molecule has 1 aromatic rings. The molecule has 82 valence electrons. The molecule has 2 heteroatoms. The van der Waals surface area contributed by atoms with Gasteiger partial charge in [-0.25, -0.2) is 4.98 Å². The second kappa shape index (κ2) is 4.25. The van der Waals surface area contributed by atoms with Gasteiger partial charge in [0.05, 0.1) is 5.01 Å². The third-order valence-corrected chi connectivity index (χ3v) is 5.25. The normalized spacial score (nSPS) is 36.1. The van der Waals surface area contributed by atoms with Gasteiger partial charge in [-0.2, -0.15) is 0 Å². The van der Waals surface area contributed by atoms with Crippen molar-refractivity contribution in [1.82, 2.24) is 4.98 Å². The molecule has 0 radical (unpaired) electrons. The molecule has 2 aliphatic carbocycles. The lowest BCUT2D eigenvalue weighted by Crippen LogP contribution is -2.29. The molecule has 0 saturated heterocycles. The van der Waals surface area contributed by atoms with Gasteiger partial charge in [0.15, 0.2) is 0 Å². The van der Waals surface area contributed by atoms with Gasteiger partial charge in [-0.3, -0.25) is 0 Å². The Hall–Kier alpha value is -0.370. The van der Waals surface area contributed by atoms with Gasteiger partial charge in [0.2, 0.25) is 0 Å². The van der Waals surface area contributed by atoms with Crippen molar-refractivity contribution < 1.29 is 0 Å². The minimum atomic E-state index is 0.809. The standard InChI is InChI=1S/C13H19NS/c1-2-6-11-10(4-1)5-3-7-12(11)13-14-8-9-15-13/h8-12H,1-7H2. The van der Waals surface area contributed by atoms with Crippen LogP contribution in [0.25, 0.3) is 0 Å². The second-order valence-corrected chi connectivity index (χ2v) is 6.04. The van der Waals surface area contributed by atoms with Crippen LogP contribution in [0.15, 0.2) is 11.6 Å². The Labute approximate surface area is 95.9 Å². The molecule has 0 N–H and O–H groups in total. The van der Waals surface area contributed by atoms with Gasteiger partial charge < -0.3 is 0 Å². The van der Waals surface area contributed by atoms with Crippen molar-refractivity contribution in [2.24, 2.45) is 11.8 Å². The Bertz CT molecular complexity index is 304. The highest BCUT2D eigenvalue weighted by molar-refractivity contribution is 7.09. The summed E-state index contributed by atoms with van der Waals surface area (Å²) >= 11 is 1.87. The number of rotatable bonds is 1. The first-order valence-corrected chi connectivity index (χ1v) is 7.22. The predicted molar refractivity (Wildman–Crippen MR) is 64.2 cm³/mol. The van der Waals surface area contributed by atoms with Crippen molar-refractivity contribution >= 4 is 11.3 Å². The third-order valence-electron chi connectivity index (χ3n) is 4.34. The molecule has 3 rings (SSSR count). The first-order valence-electron chi connectivity index (χ1n) is 6.34. The first-order chi connectivity index (χ1) is 7.45. The van der Waals surface area contributed by atoms with Crippen LogP contribution in [0.5, 0.6) is 0 Å². The van der Waals surface area contributed by atoms with Crippen LogP contribution in [-0.4, -0.2) is 4.98 Å². The molecule has 0 amide bonds. The summed E-state index contributed by atoms with van der Waals surface area (Å²) in [7, 11) is 0. The van der Waals surface area contributed by atoms with E-state index in [1.807, 2.05) is 17.5 Å². The van der Waals surface area contributed by atoms with Gasteiger partial charge in [0.25, 0.3) is 0 Å². The van der Waals surface area contributed by atoms with E-state index in [0.717, 1.165) is 17.8 Å². The van der Waals surface area contributed by atoms with E-state index in [-0.39, 0.29) is 0 Å². The molecule has 3 atom stereocenters. The molecule has 15 heavy (non-hydrogen) atoms. The first kappa shape index (κ1) is 9.83. The highest BCUT2D eigenvalue weighted by Gasteiger charge is 2.36. The summed E-state index contributed by atoms with van der Waals surface area (Å²) in [6.07, 6.45) is 12.2. The SMILES string of the molecule is c1csc(C2CCCC3CCCCC32)n1. The lowest BCUT2D eigenvalue weighted by atomic mass is 9.66. The van der Waals surface area contributed by atoms with Crippen LogP contribution >= 0.6 is 11.3 Å². The fourth-order valence-corrected chi connectivity index (χ4v) is 4.51. The molecular weight excluding hydrogens is 202 g/mol. The molecule has 2 fully saturated rings. The largest absolute Gasteiger partial charge is 0.249 e. The zero-order valence-corrected chi connectivity index (χ0v) is 10.0. The summed E-state index contributed by atoms with van der Waals surface area (Å²) in [5.74, 6) is 2.81.